The Labute approximate surface area is 113 Å². The summed E-state index contributed by atoms with van der Waals surface area (Å²) < 4.78 is 0. The van der Waals surface area contributed by atoms with Crippen LogP contribution in [-0.2, 0) is 11.2 Å². The minimum atomic E-state index is -0.397. The molecule has 0 saturated carbocycles. The van der Waals surface area contributed by atoms with Crippen molar-refractivity contribution in [1.82, 2.24) is 15.3 Å². The van der Waals surface area contributed by atoms with Gasteiger partial charge in [0.15, 0.2) is 0 Å². The minimum absolute atomic E-state index is 0.0979. The van der Waals surface area contributed by atoms with Gasteiger partial charge < -0.3 is 16.4 Å². The van der Waals surface area contributed by atoms with E-state index < -0.39 is 5.91 Å². The van der Waals surface area contributed by atoms with E-state index in [0.717, 1.165) is 25.1 Å². The van der Waals surface area contributed by atoms with Crippen molar-refractivity contribution in [3.8, 4) is 0 Å². The van der Waals surface area contributed by atoms with E-state index in [9.17, 15) is 4.79 Å². The van der Waals surface area contributed by atoms with Gasteiger partial charge in [0, 0.05) is 17.8 Å². The number of primary amides is 1. The molecule has 1 amide bonds. The molecule has 0 bridgehead atoms. The maximum Gasteiger partial charge on any atom is 0.236 e. The quantitative estimate of drug-likeness (QED) is 0.693. The average Bonchev–Trinajstić information content (AvgIpc) is 2.44. The van der Waals surface area contributed by atoms with Gasteiger partial charge in [-0.1, -0.05) is 6.42 Å². The van der Waals surface area contributed by atoms with Gasteiger partial charge in [0.1, 0.15) is 12.1 Å². The number of aryl methyl sites for hydroxylation is 1. The summed E-state index contributed by atoms with van der Waals surface area (Å²) in [6.45, 7) is 1.22. The first-order valence-electron chi connectivity index (χ1n) is 6.80. The van der Waals surface area contributed by atoms with E-state index in [0.29, 0.717) is 11.9 Å². The van der Waals surface area contributed by atoms with Crippen LogP contribution in [0.15, 0.2) is 12.4 Å². The maximum atomic E-state index is 10.7. The van der Waals surface area contributed by atoms with Crippen molar-refractivity contribution in [3.63, 3.8) is 0 Å². The lowest BCUT2D eigenvalue weighted by Crippen LogP contribution is -2.34. The highest BCUT2D eigenvalue weighted by atomic mass is 16.1. The van der Waals surface area contributed by atoms with E-state index in [1.165, 1.54) is 25.6 Å². The van der Waals surface area contributed by atoms with Crippen LogP contribution in [0.25, 0.3) is 0 Å². The van der Waals surface area contributed by atoms with Crippen LogP contribution >= 0.6 is 0 Å². The summed E-state index contributed by atoms with van der Waals surface area (Å²) in [5.74, 6) is 0.256. The summed E-state index contributed by atoms with van der Waals surface area (Å²) in [6.07, 6.45) is 7.38. The first kappa shape index (κ1) is 13.7. The monoisotopic (exact) mass is 263 g/mol. The van der Waals surface area contributed by atoms with E-state index in [1.54, 1.807) is 0 Å². The second-order valence-corrected chi connectivity index (χ2v) is 4.90. The number of aromatic nitrogens is 2. The maximum absolute atomic E-state index is 10.7. The number of hydrogen-bond donors (Lipinski definition) is 3. The molecule has 6 nitrogen and oxygen atoms in total. The zero-order chi connectivity index (χ0) is 13.5. The fourth-order valence-electron chi connectivity index (χ4n) is 2.30. The van der Waals surface area contributed by atoms with E-state index >= 15 is 0 Å². The Kier molecular flexibility index (Phi) is 5.09. The minimum Gasteiger partial charge on any atom is -0.368 e. The number of hydrogen-bond acceptors (Lipinski definition) is 5. The molecule has 0 aliphatic carbocycles. The molecule has 0 spiro atoms. The molecule has 0 aromatic carbocycles. The van der Waals surface area contributed by atoms with Crippen molar-refractivity contribution in [2.75, 3.05) is 18.4 Å². The van der Waals surface area contributed by atoms with Gasteiger partial charge in [0.25, 0.3) is 0 Å². The molecule has 2 rings (SSSR count). The number of nitrogens with zero attached hydrogens (tertiary/aromatic N) is 2. The first-order valence-corrected chi connectivity index (χ1v) is 6.80. The molecule has 1 fully saturated rings. The highest BCUT2D eigenvalue weighted by Gasteiger charge is 2.12. The lowest BCUT2D eigenvalue weighted by Gasteiger charge is -2.23. The van der Waals surface area contributed by atoms with Gasteiger partial charge in [0.05, 0.1) is 6.54 Å². The highest BCUT2D eigenvalue weighted by molar-refractivity contribution is 5.78. The summed E-state index contributed by atoms with van der Waals surface area (Å²) >= 11 is 0. The molecule has 19 heavy (non-hydrogen) atoms. The van der Waals surface area contributed by atoms with Crippen molar-refractivity contribution >= 4 is 11.7 Å². The van der Waals surface area contributed by atoms with Gasteiger partial charge in [-0.2, -0.15) is 0 Å². The molecule has 0 radical (unpaired) electrons. The van der Waals surface area contributed by atoms with Gasteiger partial charge in [0.2, 0.25) is 5.91 Å². The molecule has 1 aromatic heterocycles. The molecule has 1 aromatic rings. The molecule has 4 N–H and O–H groups in total. The molecular weight excluding hydrogens is 242 g/mol. The van der Waals surface area contributed by atoms with Gasteiger partial charge in [-0.25, -0.2) is 9.97 Å². The third-order valence-electron chi connectivity index (χ3n) is 3.33. The Hall–Kier alpha value is -1.69. The second-order valence-electron chi connectivity index (χ2n) is 4.90. The highest BCUT2D eigenvalue weighted by Crippen LogP contribution is 2.13. The summed E-state index contributed by atoms with van der Waals surface area (Å²) in [4.78, 5) is 19.0. The summed E-state index contributed by atoms with van der Waals surface area (Å²) in [5.41, 5.74) is 6.08. The predicted molar refractivity (Wildman–Crippen MR) is 73.7 cm³/mol. The summed E-state index contributed by atoms with van der Waals surface area (Å²) in [7, 11) is 0. The Morgan fingerprint density at radius 1 is 1.47 bits per heavy atom. The largest absolute Gasteiger partial charge is 0.368 e. The van der Waals surface area contributed by atoms with Crippen LogP contribution in [0.3, 0.4) is 0 Å². The van der Waals surface area contributed by atoms with Crippen LogP contribution in [0.2, 0.25) is 0 Å². The second kappa shape index (κ2) is 7.04. The van der Waals surface area contributed by atoms with Gasteiger partial charge in [-0.05, 0) is 32.2 Å². The number of piperidine rings is 1. The normalized spacial score (nSPS) is 19.1. The van der Waals surface area contributed by atoms with E-state index in [4.69, 9.17) is 5.73 Å². The standard InChI is InChI=1S/C13H21N5O/c14-12(19)8-16-13-7-11(17-9-18-13)5-4-10-3-1-2-6-15-10/h7,9-10,15H,1-6,8H2,(H2,14,19)(H,16,17,18)/t10-/m0/s1. The van der Waals surface area contributed by atoms with Crippen LogP contribution in [0.5, 0.6) is 0 Å². The van der Waals surface area contributed by atoms with Gasteiger partial charge in [-0.3, -0.25) is 4.79 Å². The van der Waals surface area contributed by atoms with E-state index in [2.05, 4.69) is 20.6 Å². The first-order chi connectivity index (χ1) is 9.24. The van der Waals surface area contributed by atoms with E-state index in [-0.39, 0.29) is 6.54 Å². The molecular formula is C13H21N5O. The fourth-order valence-corrected chi connectivity index (χ4v) is 2.30. The Morgan fingerprint density at radius 3 is 3.11 bits per heavy atom. The zero-order valence-corrected chi connectivity index (χ0v) is 11.1. The predicted octanol–water partition coefficient (Wildman–Crippen LogP) is 0.448. The van der Waals surface area contributed by atoms with Gasteiger partial charge >= 0.3 is 0 Å². The average molecular weight is 263 g/mol. The molecule has 104 valence electrons. The Balaban J connectivity index is 1.82. The molecule has 1 atom stereocenters. The molecule has 1 aliphatic heterocycles. The van der Waals surface area contributed by atoms with E-state index in [1.807, 2.05) is 6.07 Å². The third kappa shape index (κ3) is 4.82. The third-order valence-corrected chi connectivity index (χ3v) is 3.33. The Bertz CT molecular complexity index is 417. The van der Waals surface area contributed by atoms with Crippen LogP contribution in [0.4, 0.5) is 5.82 Å². The van der Waals surface area contributed by atoms with Crippen molar-refractivity contribution in [3.05, 3.63) is 18.1 Å². The van der Waals surface area contributed by atoms with Crippen LogP contribution in [0, 0.1) is 0 Å². The fraction of sp³-hybridized carbons (Fsp3) is 0.615. The summed E-state index contributed by atoms with van der Waals surface area (Å²) in [5, 5.41) is 6.40. The molecule has 0 unspecified atom stereocenters. The lowest BCUT2D eigenvalue weighted by atomic mass is 10.00. The number of nitrogens with two attached hydrogens (primary N) is 1. The van der Waals surface area contributed by atoms with Crippen LogP contribution in [-0.4, -0.2) is 35.0 Å². The molecule has 1 saturated heterocycles. The molecule has 6 heteroatoms. The van der Waals surface area contributed by atoms with Crippen molar-refractivity contribution in [2.24, 2.45) is 5.73 Å². The number of nitrogens with one attached hydrogen (secondary N) is 2. The van der Waals surface area contributed by atoms with Crippen LogP contribution in [0.1, 0.15) is 31.4 Å². The zero-order valence-electron chi connectivity index (χ0n) is 11.1. The van der Waals surface area contributed by atoms with Gasteiger partial charge in [-0.15, -0.1) is 0 Å². The van der Waals surface area contributed by atoms with Crippen LogP contribution < -0.4 is 16.4 Å². The van der Waals surface area contributed by atoms with Crippen molar-refractivity contribution < 1.29 is 4.79 Å². The number of rotatable bonds is 6. The summed E-state index contributed by atoms with van der Waals surface area (Å²) in [6, 6.07) is 2.48. The number of carbonyl (C=O) groups is 1. The SMILES string of the molecule is NC(=O)CNc1cc(CC[C@@H]2CCCCN2)ncn1. The topological polar surface area (TPSA) is 92.9 Å². The smallest absolute Gasteiger partial charge is 0.236 e. The lowest BCUT2D eigenvalue weighted by molar-refractivity contribution is -0.116. The number of carbonyl (C=O) groups excluding carboxylic acids is 1. The number of amides is 1. The van der Waals surface area contributed by atoms with Crippen molar-refractivity contribution in [2.45, 2.75) is 38.1 Å². The molecule has 2 heterocycles. The van der Waals surface area contributed by atoms with Crippen molar-refractivity contribution in [1.29, 1.82) is 0 Å². The molecule has 1 aliphatic rings. The number of anilines is 1. The Morgan fingerprint density at radius 2 is 2.37 bits per heavy atom.